The molecular formula is C20H21F2NO5S. The summed E-state index contributed by atoms with van der Waals surface area (Å²) in [6.07, 6.45) is 0.864. The van der Waals surface area contributed by atoms with Crippen molar-refractivity contribution in [3.05, 3.63) is 53.1 Å². The number of rotatable bonds is 7. The molecule has 3 rings (SSSR count). The van der Waals surface area contributed by atoms with Gasteiger partial charge in [-0.1, -0.05) is 0 Å². The maximum atomic E-state index is 12.6. The number of fused-ring (bicyclic) bond motifs is 1. The summed E-state index contributed by atoms with van der Waals surface area (Å²) in [5.74, 6) is -2.57. The monoisotopic (exact) mass is 425 g/mol. The molecule has 1 aliphatic rings. The lowest BCUT2D eigenvalue weighted by molar-refractivity contribution is 0.0950. The van der Waals surface area contributed by atoms with Gasteiger partial charge in [0.25, 0.3) is 5.91 Å². The van der Waals surface area contributed by atoms with Gasteiger partial charge in [-0.2, -0.15) is 8.78 Å². The molecule has 156 valence electrons. The fourth-order valence-corrected chi connectivity index (χ4v) is 3.81. The molecule has 29 heavy (non-hydrogen) atoms. The number of nitrogens with one attached hydrogen (secondary N) is 1. The Labute approximate surface area is 167 Å². The van der Waals surface area contributed by atoms with Crippen LogP contribution in [-0.2, 0) is 22.8 Å². The fraction of sp³-hybridized carbons (Fsp3) is 0.350. The first-order valence-corrected chi connectivity index (χ1v) is 10.6. The number of carbonyl (C=O) groups is 1. The predicted molar refractivity (Wildman–Crippen MR) is 102 cm³/mol. The van der Waals surface area contributed by atoms with Crippen molar-refractivity contribution in [2.75, 3.05) is 6.61 Å². The highest BCUT2D eigenvalue weighted by Crippen LogP contribution is 2.35. The van der Waals surface area contributed by atoms with Crippen LogP contribution >= 0.6 is 0 Å². The number of sulfone groups is 1. The van der Waals surface area contributed by atoms with Gasteiger partial charge in [0.1, 0.15) is 17.6 Å². The second-order valence-corrected chi connectivity index (χ2v) is 8.56. The lowest BCUT2D eigenvalue weighted by atomic mass is 10.1. The zero-order chi connectivity index (χ0) is 21.2. The maximum absolute atomic E-state index is 12.6. The molecule has 1 N–H and O–H groups in total. The summed E-state index contributed by atoms with van der Waals surface area (Å²) >= 11 is 0. The Morgan fingerprint density at radius 1 is 1.28 bits per heavy atom. The third-order valence-electron chi connectivity index (χ3n) is 4.50. The van der Waals surface area contributed by atoms with Crippen LogP contribution in [0.15, 0.2) is 41.3 Å². The van der Waals surface area contributed by atoms with E-state index in [9.17, 15) is 22.0 Å². The van der Waals surface area contributed by atoms with E-state index in [2.05, 4.69) is 5.32 Å². The first-order chi connectivity index (χ1) is 13.7. The van der Waals surface area contributed by atoms with Gasteiger partial charge in [0.05, 0.1) is 11.5 Å². The summed E-state index contributed by atoms with van der Waals surface area (Å²) in [5, 5.41) is 2.73. The fourth-order valence-electron chi connectivity index (χ4n) is 3.09. The number of halogens is 2. The largest absolute Gasteiger partial charge is 0.494 e. The molecule has 0 fully saturated rings. The Morgan fingerprint density at radius 3 is 2.59 bits per heavy atom. The van der Waals surface area contributed by atoms with E-state index in [1.165, 1.54) is 12.1 Å². The quantitative estimate of drug-likeness (QED) is 0.736. The minimum Gasteiger partial charge on any atom is -0.494 e. The molecule has 2 aromatic carbocycles. The molecule has 1 heterocycles. The molecule has 1 unspecified atom stereocenters. The minimum absolute atomic E-state index is 0.0763. The predicted octanol–water partition coefficient (Wildman–Crippen LogP) is 3.34. The third-order valence-corrected chi connectivity index (χ3v) is 5.90. The van der Waals surface area contributed by atoms with Crippen molar-refractivity contribution in [2.24, 2.45) is 0 Å². The van der Waals surface area contributed by atoms with E-state index in [0.29, 0.717) is 12.4 Å². The van der Waals surface area contributed by atoms with E-state index in [1.807, 2.05) is 26.0 Å². The number of hydrogen-bond donors (Lipinski definition) is 1. The molecule has 6 nitrogen and oxygen atoms in total. The number of benzene rings is 2. The van der Waals surface area contributed by atoms with Crippen molar-refractivity contribution in [2.45, 2.75) is 43.6 Å². The summed E-state index contributed by atoms with van der Waals surface area (Å²) in [7, 11) is -4.69. The average molecular weight is 425 g/mol. The summed E-state index contributed by atoms with van der Waals surface area (Å²) < 4.78 is 59.5. The Hall–Kier alpha value is -2.68. The van der Waals surface area contributed by atoms with E-state index in [-0.39, 0.29) is 18.2 Å². The minimum atomic E-state index is -4.69. The van der Waals surface area contributed by atoms with Gasteiger partial charge in [-0.15, -0.1) is 0 Å². The van der Waals surface area contributed by atoms with Crippen LogP contribution in [0.1, 0.15) is 35.3 Å². The van der Waals surface area contributed by atoms with E-state index >= 15 is 0 Å². The number of ether oxygens (including phenoxy) is 2. The van der Waals surface area contributed by atoms with Gasteiger partial charge in [-0.3, -0.25) is 4.79 Å². The Bertz CT molecular complexity index is 1010. The molecule has 2 aromatic rings. The number of amides is 1. The van der Waals surface area contributed by atoms with Gasteiger partial charge in [0.2, 0.25) is 9.84 Å². The van der Waals surface area contributed by atoms with E-state index in [4.69, 9.17) is 9.47 Å². The molecule has 0 aromatic heterocycles. The van der Waals surface area contributed by atoms with Crippen LogP contribution in [-0.4, -0.2) is 32.8 Å². The van der Waals surface area contributed by atoms with Gasteiger partial charge < -0.3 is 14.8 Å². The summed E-state index contributed by atoms with van der Waals surface area (Å²) in [5.41, 5.74) is 1.94. The normalized spacial score (nSPS) is 15.7. The van der Waals surface area contributed by atoms with Gasteiger partial charge in [-0.05, 0) is 50.2 Å². The zero-order valence-electron chi connectivity index (χ0n) is 15.9. The van der Waals surface area contributed by atoms with Crippen LogP contribution in [0, 0.1) is 0 Å². The van der Waals surface area contributed by atoms with Gasteiger partial charge in [0, 0.05) is 29.7 Å². The summed E-state index contributed by atoms with van der Waals surface area (Å²) in [6, 6.07) is 8.12. The van der Waals surface area contributed by atoms with Crippen molar-refractivity contribution >= 4 is 15.7 Å². The van der Waals surface area contributed by atoms with Crippen LogP contribution in [0.4, 0.5) is 8.78 Å². The molecule has 0 saturated carbocycles. The molecule has 1 amide bonds. The molecule has 1 aliphatic heterocycles. The van der Waals surface area contributed by atoms with Crippen molar-refractivity contribution < 1.29 is 31.5 Å². The van der Waals surface area contributed by atoms with E-state index < -0.39 is 26.4 Å². The van der Waals surface area contributed by atoms with Crippen molar-refractivity contribution in [3.8, 4) is 11.5 Å². The van der Waals surface area contributed by atoms with Gasteiger partial charge in [-0.25, -0.2) is 8.42 Å². The molecule has 9 heteroatoms. The Balaban J connectivity index is 1.73. The standard InChI is InChI=1S/C20H21F2NO5S/c1-3-27-17-9-14-8-12(2)28-18(14)10-15(17)11-23-19(24)13-4-6-16(7-5-13)29(25,26)20(21)22/h4-7,9-10,12,20H,3,8,11H2,1-2H3,(H,23,24). The molecule has 0 radical (unpaired) electrons. The lowest BCUT2D eigenvalue weighted by Crippen LogP contribution is -2.23. The highest BCUT2D eigenvalue weighted by atomic mass is 32.2. The van der Waals surface area contributed by atoms with Crippen LogP contribution in [0.5, 0.6) is 11.5 Å². The topological polar surface area (TPSA) is 81.7 Å². The molecule has 1 atom stereocenters. The third kappa shape index (κ3) is 4.50. The highest BCUT2D eigenvalue weighted by molar-refractivity contribution is 7.91. The number of alkyl halides is 2. The van der Waals surface area contributed by atoms with Crippen LogP contribution < -0.4 is 14.8 Å². The average Bonchev–Trinajstić information content (AvgIpc) is 3.05. The molecule has 0 spiro atoms. The summed E-state index contributed by atoms with van der Waals surface area (Å²) in [4.78, 5) is 11.9. The highest BCUT2D eigenvalue weighted by Gasteiger charge is 2.26. The lowest BCUT2D eigenvalue weighted by Gasteiger charge is -2.13. The smallest absolute Gasteiger partial charge is 0.341 e. The molecule has 0 aliphatic carbocycles. The van der Waals surface area contributed by atoms with E-state index in [0.717, 1.165) is 35.4 Å². The SMILES string of the molecule is CCOc1cc2c(cc1CNC(=O)c1ccc(S(=O)(=O)C(F)F)cc1)OC(C)C2. The van der Waals surface area contributed by atoms with E-state index in [1.54, 1.807) is 0 Å². The Kier molecular flexibility index (Phi) is 6.07. The number of carbonyl (C=O) groups excluding carboxylic acids is 1. The first-order valence-electron chi connectivity index (χ1n) is 9.08. The van der Waals surface area contributed by atoms with Crippen molar-refractivity contribution in [1.82, 2.24) is 5.32 Å². The molecular weight excluding hydrogens is 404 g/mol. The van der Waals surface area contributed by atoms with Crippen molar-refractivity contribution in [3.63, 3.8) is 0 Å². The van der Waals surface area contributed by atoms with Crippen molar-refractivity contribution in [1.29, 1.82) is 0 Å². The zero-order valence-corrected chi connectivity index (χ0v) is 16.8. The molecule has 0 saturated heterocycles. The van der Waals surface area contributed by atoms with Gasteiger partial charge >= 0.3 is 5.76 Å². The Morgan fingerprint density at radius 2 is 1.97 bits per heavy atom. The van der Waals surface area contributed by atoms with Crippen LogP contribution in [0.2, 0.25) is 0 Å². The van der Waals surface area contributed by atoms with Crippen LogP contribution in [0.3, 0.4) is 0 Å². The number of hydrogen-bond acceptors (Lipinski definition) is 5. The van der Waals surface area contributed by atoms with Crippen LogP contribution in [0.25, 0.3) is 0 Å². The second kappa shape index (κ2) is 8.36. The second-order valence-electron chi connectivity index (χ2n) is 6.65. The maximum Gasteiger partial charge on any atom is 0.341 e. The summed E-state index contributed by atoms with van der Waals surface area (Å²) in [6.45, 7) is 4.47. The van der Waals surface area contributed by atoms with Gasteiger partial charge in [0.15, 0.2) is 0 Å². The molecule has 0 bridgehead atoms. The first kappa shape index (κ1) is 21.0.